The molecule has 0 spiro atoms. The van der Waals surface area contributed by atoms with Crippen LogP contribution in [0.3, 0.4) is 0 Å². The number of allylic oxidation sites excluding steroid dienone is 1. The van der Waals surface area contributed by atoms with E-state index < -0.39 is 24.0 Å². The SMILES string of the molecule is CO/C(C)=C(\OC=O)C(F)OC(=O)C(C)C. The lowest BCUT2D eigenvalue weighted by Gasteiger charge is -2.14. The van der Waals surface area contributed by atoms with Gasteiger partial charge in [-0.05, 0) is 6.92 Å². The molecule has 0 bridgehead atoms. The molecule has 0 aliphatic carbocycles. The van der Waals surface area contributed by atoms with Gasteiger partial charge in [-0.25, -0.2) is 0 Å². The third-order valence-corrected chi connectivity index (χ3v) is 1.73. The Morgan fingerprint density at radius 1 is 1.38 bits per heavy atom. The van der Waals surface area contributed by atoms with E-state index >= 15 is 0 Å². The van der Waals surface area contributed by atoms with Gasteiger partial charge in [0.1, 0.15) is 5.76 Å². The number of hydrogen-bond donors (Lipinski definition) is 0. The van der Waals surface area contributed by atoms with E-state index in [4.69, 9.17) is 4.74 Å². The maximum absolute atomic E-state index is 13.4. The lowest BCUT2D eigenvalue weighted by Crippen LogP contribution is -2.22. The number of methoxy groups -OCH3 is 1. The molecule has 16 heavy (non-hydrogen) atoms. The molecule has 0 aliphatic heterocycles. The third-order valence-electron chi connectivity index (χ3n) is 1.73. The highest BCUT2D eigenvalue weighted by molar-refractivity contribution is 5.71. The Kier molecular flexibility index (Phi) is 6.14. The molecule has 1 atom stereocenters. The molecule has 0 saturated heterocycles. The maximum Gasteiger partial charge on any atom is 0.311 e. The molecular formula is C10H15FO5. The molecule has 0 fully saturated rings. The Hall–Kier alpha value is -1.59. The quantitative estimate of drug-likeness (QED) is 0.396. The molecule has 0 aromatic heterocycles. The largest absolute Gasteiger partial charge is 0.498 e. The van der Waals surface area contributed by atoms with E-state index in [1.165, 1.54) is 14.0 Å². The number of esters is 1. The topological polar surface area (TPSA) is 61.8 Å². The van der Waals surface area contributed by atoms with Gasteiger partial charge >= 0.3 is 12.3 Å². The zero-order valence-electron chi connectivity index (χ0n) is 9.65. The minimum absolute atomic E-state index is 0.0242. The first-order chi connectivity index (χ1) is 7.43. The van der Waals surface area contributed by atoms with E-state index in [1.807, 2.05) is 0 Å². The van der Waals surface area contributed by atoms with E-state index in [9.17, 15) is 14.0 Å². The van der Waals surface area contributed by atoms with Crippen molar-refractivity contribution in [2.24, 2.45) is 5.92 Å². The number of halogens is 1. The van der Waals surface area contributed by atoms with Crippen molar-refractivity contribution in [3.05, 3.63) is 11.5 Å². The highest BCUT2D eigenvalue weighted by Crippen LogP contribution is 2.16. The average Bonchev–Trinajstić information content (AvgIpc) is 2.24. The maximum atomic E-state index is 13.4. The van der Waals surface area contributed by atoms with E-state index in [0.29, 0.717) is 0 Å². The van der Waals surface area contributed by atoms with Crippen LogP contribution in [0.4, 0.5) is 4.39 Å². The Labute approximate surface area is 93.2 Å². The van der Waals surface area contributed by atoms with Gasteiger partial charge in [-0.2, -0.15) is 4.39 Å². The van der Waals surface area contributed by atoms with Gasteiger partial charge in [0, 0.05) is 0 Å². The summed E-state index contributed by atoms with van der Waals surface area (Å²) in [6.45, 7) is 4.53. The van der Waals surface area contributed by atoms with Gasteiger partial charge in [0.2, 0.25) is 5.76 Å². The van der Waals surface area contributed by atoms with Crippen molar-refractivity contribution in [1.29, 1.82) is 0 Å². The van der Waals surface area contributed by atoms with Crippen LogP contribution in [0.5, 0.6) is 0 Å². The minimum atomic E-state index is -2.15. The second kappa shape index (κ2) is 6.81. The van der Waals surface area contributed by atoms with Gasteiger partial charge in [0.25, 0.3) is 6.47 Å². The molecule has 0 heterocycles. The van der Waals surface area contributed by atoms with E-state index in [0.717, 1.165) is 0 Å². The van der Waals surface area contributed by atoms with Crippen molar-refractivity contribution >= 4 is 12.4 Å². The van der Waals surface area contributed by atoms with Crippen LogP contribution in [0.15, 0.2) is 11.5 Å². The molecule has 1 unspecified atom stereocenters. The molecule has 0 N–H and O–H groups in total. The van der Waals surface area contributed by atoms with Crippen LogP contribution in [0.25, 0.3) is 0 Å². The highest BCUT2D eigenvalue weighted by Gasteiger charge is 2.24. The summed E-state index contributed by atoms with van der Waals surface area (Å²) >= 11 is 0. The monoisotopic (exact) mass is 234 g/mol. The summed E-state index contributed by atoms with van der Waals surface area (Å²) in [5.74, 6) is -1.65. The fraction of sp³-hybridized carbons (Fsp3) is 0.600. The number of alkyl halides is 1. The highest BCUT2D eigenvalue weighted by atomic mass is 19.1. The zero-order valence-corrected chi connectivity index (χ0v) is 9.65. The smallest absolute Gasteiger partial charge is 0.311 e. The van der Waals surface area contributed by atoms with Gasteiger partial charge in [0.15, 0.2) is 0 Å². The van der Waals surface area contributed by atoms with Crippen molar-refractivity contribution in [2.45, 2.75) is 27.1 Å². The minimum Gasteiger partial charge on any atom is -0.498 e. The fourth-order valence-corrected chi connectivity index (χ4v) is 0.740. The molecule has 0 aromatic rings. The first kappa shape index (κ1) is 14.4. The van der Waals surface area contributed by atoms with Crippen LogP contribution in [0.2, 0.25) is 0 Å². The molecule has 0 aliphatic rings. The van der Waals surface area contributed by atoms with Crippen LogP contribution < -0.4 is 0 Å². The van der Waals surface area contributed by atoms with Crippen molar-refractivity contribution < 1.29 is 28.2 Å². The number of rotatable bonds is 6. The summed E-state index contributed by atoms with van der Waals surface area (Å²) in [5, 5.41) is 0. The van der Waals surface area contributed by atoms with Crippen LogP contribution >= 0.6 is 0 Å². The van der Waals surface area contributed by atoms with Crippen LogP contribution in [-0.4, -0.2) is 25.9 Å². The van der Waals surface area contributed by atoms with Crippen LogP contribution in [0, 0.1) is 5.92 Å². The van der Waals surface area contributed by atoms with E-state index in [-0.39, 0.29) is 12.2 Å². The van der Waals surface area contributed by atoms with Crippen molar-refractivity contribution in [2.75, 3.05) is 7.11 Å². The van der Waals surface area contributed by atoms with Crippen molar-refractivity contribution in [3.63, 3.8) is 0 Å². The van der Waals surface area contributed by atoms with Gasteiger partial charge < -0.3 is 14.2 Å². The molecule has 0 rings (SSSR count). The Morgan fingerprint density at radius 2 is 1.94 bits per heavy atom. The van der Waals surface area contributed by atoms with Crippen LogP contribution in [0.1, 0.15) is 20.8 Å². The predicted octanol–water partition coefficient (Wildman–Crippen LogP) is 1.53. The van der Waals surface area contributed by atoms with Gasteiger partial charge in [0.05, 0.1) is 13.0 Å². The third kappa shape index (κ3) is 4.29. The van der Waals surface area contributed by atoms with Crippen molar-refractivity contribution in [1.82, 2.24) is 0 Å². The molecule has 0 saturated carbocycles. The molecule has 0 radical (unpaired) electrons. The summed E-state index contributed by atoms with van der Waals surface area (Å²) in [6, 6.07) is 0. The van der Waals surface area contributed by atoms with E-state index in [2.05, 4.69) is 9.47 Å². The molecule has 0 amide bonds. The summed E-state index contributed by atoms with van der Waals surface area (Å²) < 4.78 is 26.9. The number of carbonyl (C=O) groups excluding carboxylic acids is 2. The Morgan fingerprint density at radius 3 is 2.31 bits per heavy atom. The first-order valence-electron chi connectivity index (χ1n) is 4.63. The number of hydrogen-bond acceptors (Lipinski definition) is 5. The summed E-state index contributed by atoms with van der Waals surface area (Å²) in [5.41, 5.74) is 0. The molecule has 92 valence electrons. The van der Waals surface area contributed by atoms with E-state index in [1.54, 1.807) is 13.8 Å². The summed E-state index contributed by atoms with van der Waals surface area (Å²) in [6.07, 6.45) is -2.15. The fourth-order valence-electron chi connectivity index (χ4n) is 0.740. The molecule has 6 heteroatoms. The molecule has 5 nitrogen and oxygen atoms in total. The van der Waals surface area contributed by atoms with Gasteiger partial charge in [-0.1, -0.05) is 13.8 Å². The number of carbonyl (C=O) groups is 2. The average molecular weight is 234 g/mol. The van der Waals surface area contributed by atoms with Gasteiger partial charge in [-0.15, -0.1) is 0 Å². The van der Waals surface area contributed by atoms with Crippen LogP contribution in [-0.2, 0) is 23.8 Å². The summed E-state index contributed by atoms with van der Waals surface area (Å²) in [4.78, 5) is 21.2. The lowest BCUT2D eigenvalue weighted by molar-refractivity contribution is -0.163. The lowest BCUT2D eigenvalue weighted by atomic mass is 10.2. The molecular weight excluding hydrogens is 219 g/mol. The first-order valence-corrected chi connectivity index (χ1v) is 4.63. The van der Waals surface area contributed by atoms with Crippen molar-refractivity contribution in [3.8, 4) is 0 Å². The molecule has 0 aromatic carbocycles. The Bertz CT molecular complexity index is 285. The van der Waals surface area contributed by atoms with Gasteiger partial charge in [-0.3, -0.25) is 9.59 Å². The predicted molar refractivity (Wildman–Crippen MR) is 52.7 cm³/mol. The standard InChI is InChI=1S/C10H15FO5/c1-6(2)10(13)16-9(11)8(15-5-12)7(3)14-4/h5-6,9H,1-4H3/b8-7-. The second-order valence-corrected chi connectivity index (χ2v) is 3.25. The number of ether oxygens (including phenoxy) is 3. The zero-order chi connectivity index (χ0) is 12.7. The Balaban J connectivity index is 4.70. The second-order valence-electron chi connectivity index (χ2n) is 3.25. The summed E-state index contributed by atoms with van der Waals surface area (Å²) in [7, 11) is 1.28. The normalized spacial score (nSPS) is 13.9.